The van der Waals surface area contributed by atoms with Crippen molar-refractivity contribution in [2.24, 2.45) is 0 Å². The summed E-state index contributed by atoms with van der Waals surface area (Å²) in [5, 5.41) is 7.05. The van der Waals surface area contributed by atoms with Gasteiger partial charge >= 0.3 is 0 Å². The number of anilines is 1. The third-order valence-electron chi connectivity index (χ3n) is 3.96. The van der Waals surface area contributed by atoms with Crippen LogP contribution >= 0.6 is 15.9 Å². The van der Waals surface area contributed by atoms with Crippen molar-refractivity contribution < 1.29 is 9.18 Å². The van der Waals surface area contributed by atoms with Gasteiger partial charge in [-0.3, -0.25) is 9.48 Å². The quantitative estimate of drug-likeness (QED) is 0.688. The Morgan fingerprint density at radius 2 is 1.84 bits per heavy atom. The van der Waals surface area contributed by atoms with Gasteiger partial charge in [0, 0.05) is 5.56 Å². The van der Waals surface area contributed by atoms with Crippen molar-refractivity contribution >= 4 is 27.5 Å². The van der Waals surface area contributed by atoms with Crippen molar-refractivity contribution in [3.63, 3.8) is 0 Å². The lowest BCUT2D eigenvalue weighted by molar-refractivity contribution is 0.102. The maximum Gasteiger partial charge on any atom is 0.255 e. The number of carbonyl (C=O) groups is 1. The molecule has 6 heteroatoms. The molecule has 0 aliphatic carbocycles. The van der Waals surface area contributed by atoms with E-state index in [9.17, 15) is 9.18 Å². The highest BCUT2D eigenvalue weighted by Gasteiger charge is 2.11. The third-order valence-corrected chi connectivity index (χ3v) is 5.11. The van der Waals surface area contributed by atoms with Crippen molar-refractivity contribution in [3.05, 3.63) is 81.3 Å². The van der Waals surface area contributed by atoms with E-state index in [4.69, 9.17) is 0 Å². The van der Waals surface area contributed by atoms with Gasteiger partial charge in [0.25, 0.3) is 5.91 Å². The molecule has 0 spiro atoms. The zero-order chi connectivity index (χ0) is 18.0. The molecular formula is C19H17BrFN3O. The van der Waals surface area contributed by atoms with Crippen LogP contribution in [0.4, 0.5) is 10.1 Å². The topological polar surface area (TPSA) is 46.9 Å². The van der Waals surface area contributed by atoms with E-state index in [0.29, 0.717) is 12.1 Å². The van der Waals surface area contributed by atoms with Crippen LogP contribution in [-0.4, -0.2) is 15.7 Å². The summed E-state index contributed by atoms with van der Waals surface area (Å²) in [4.78, 5) is 12.2. The molecule has 1 heterocycles. The Balaban J connectivity index is 1.72. The van der Waals surface area contributed by atoms with Gasteiger partial charge < -0.3 is 5.32 Å². The largest absolute Gasteiger partial charge is 0.319 e. The maximum atomic E-state index is 13.6. The van der Waals surface area contributed by atoms with E-state index in [-0.39, 0.29) is 11.6 Å². The first-order valence-corrected chi connectivity index (χ1v) is 8.59. The fraction of sp³-hybridized carbons (Fsp3) is 0.158. The Kier molecular flexibility index (Phi) is 4.99. The SMILES string of the molecule is Cc1nn(Cc2ccc(C(=O)Nc3ccccc3F)cc2)c(C)c1Br. The van der Waals surface area contributed by atoms with Gasteiger partial charge in [-0.25, -0.2) is 4.39 Å². The summed E-state index contributed by atoms with van der Waals surface area (Å²) < 4.78 is 16.5. The minimum atomic E-state index is -0.456. The minimum Gasteiger partial charge on any atom is -0.319 e. The predicted molar refractivity (Wildman–Crippen MR) is 99.3 cm³/mol. The lowest BCUT2D eigenvalue weighted by Gasteiger charge is -2.08. The standard InChI is InChI=1S/C19H17BrFN3O/c1-12-18(20)13(2)24(23-12)11-14-7-9-15(10-8-14)19(25)22-17-6-4-3-5-16(17)21/h3-10H,11H2,1-2H3,(H,22,25). The average molecular weight is 402 g/mol. The number of hydrogen-bond donors (Lipinski definition) is 1. The fourth-order valence-corrected chi connectivity index (χ4v) is 2.80. The number of nitrogens with zero attached hydrogens (tertiary/aromatic N) is 2. The summed E-state index contributed by atoms with van der Waals surface area (Å²) in [6, 6.07) is 13.3. The van der Waals surface area contributed by atoms with Crippen LogP contribution in [0.3, 0.4) is 0 Å². The van der Waals surface area contributed by atoms with Crippen LogP contribution in [0.15, 0.2) is 53.0 Å². The number of amides is 1. The number of para-hydroxylation sites is 1. The summed E-state index contributed by atoms with van der Waals surface area (Å²) in [7, 11) is 0. The van der Waals surface area contributed by atoms with E-state index in [0.717, 1.165) is 21.4 Å². The molecule has 0 unspecified atom stereocenters. The van der Waals surface area contributed by atoms with E-state index >= 15 is 0 Å². The molecule has 3 aromatic rings. The van der Waals surface area contributed by atoms with Crippen LogP contribution < -0.4 is 5.32 Å². The van der Waals surface area contributed by atoms with Crippen molar-refractivity contribution in [2.75, 3.05) is 5.32 Å². The highest BCUT2D eigenvalue weighted by atomic mass is 79.9. The normalized spacial score (nSPS) is 10.7. The van der Waals surface area contributed by atoms with Gasteiger partial charge in [0.2, 0.25) is 0 Å². The predicted octanol–water partition coefficient (Wildman–Crippen LogP) is 4.70. The summed E-state index contributed by atoms with van der Waals surface area (Å²) in [6.07, 6.45) is 0. The number of aryl methyl sites for hydroxylation is 1. The van der Waals surface area contributed by atoms with Crippen LogP contribution in [0.25, 0.3) is 0 Å². The van der Waals surface area contributed by atoms with E-state index in [1.54, 1.807) is 24.3 Å². The van der Waals surface area contributed by atoms with E-state index in [1.807, 2.05) is 30.7 Å². The smallest absolute Gasteiger partial charge is 0.255 e. The number of aromatic nitrogens is 2. The second-order valence-electron chi connectivity index (χ2n) is 5.77. The summed E-state index contributed by atoms with van der Waals surface area (Å²) in [6.45, 7) is 4.57. The Labute approximate surface area is 153 Å². The molecule has 0 bridgehead atoms. The Morgan fingerprint density at radius 3 is 2.44 bits per heavy atom. The number of rotatable bonds is 4. The van der Waals surface area contributed by atoms with Crippen molar-refractivity contribution in [1.29, 1.82) is 0 Å². The molecule has 1 N–H and O–H groups in total. The second kappa shape index (κ2) is 7.19. The maximum absolute atomic E-state index is 13.6. The molecule has 25 heavy (non-hydrogen) atoms. The van der Waals surface area contributed by atoms with E-state index in [2.05, 4.69) is 26.3 Å². The monoisotopic (exact) mass is 401 g/mol. The Bertz CT molecular complexity index is 919. The van der Waals surface area contributed by atoms with Crippen LogP contribution in [0, 0.1) is 19.7 Å². The second-order valence-corrected chi connectivity index (χ2v) is 6.57. The molecule has 128 valence electrons. The highest BCUT2D eigenvalue weighted by Crippen LogP contribution is 2.21. The van der Waals surface area contributed by atoms with Gasteiger partial charge in [-0.15, -0.1) is 0 Å². The first-order chi connectivity index (χ1) is 12.0. The number of halogens is 2. The molecule has 1 amide bonds. The number of carbonyl (C=O) groups excluding carboxylic acids is 1. The molecule has 4 nitrogen and oxygen atoms in total. The summed E-state index contributed by atoms with van der Waals surface area (Å²) in [5.41, 5.74) is 3.67. The molecule has 0 saturated heterocycles. The number of nitrogens with one attached hydrogen (secondary N) is 1. The summed E-state index contributed by atoms with van der Waals surface area (Å²) >= 11 is 3.51. The number of hydrogen-bond acceptors (Lipinski definition) is 2. The van der Waals surface area contributed by atoms with Crippen LogP contribution in [0.1, 0.15) is 27.3 Å². The van der Waals surface area contributed by atoms with Gasteiger partial charge in [-0.2, -0.15) is 5.10 Å². The van der Waals surface area contributed by atoms with E-state index in [1.165, 1.54) is 12.1 Å². The lowest BCUT2D eigenvalue weighted by Crippen LogP contribution is -2.13. The molecule has 0 fully saturated rings. The highest BCUT2D eigenvalue weighted by molar-refractivity contribution is 9.10. The number of benzene rings is 2. The lowest BCUT2D eigenvalue weighted by atomic mass is 10.1. The Morgan fingerprint density at radius 1 is 1.16 bits per heavy atom. The average Bonchev–Trinajstić information content (AvgIpc) is 2.84. The van der Waals surface area contributed by atoms with Gasteiger partial charge in [0.15, 0.2) is 0 Å². The zero-order valence-electron chi connectivity index (χ0n) is 13.9. The van der Waals surface area contributed by atoms with Crippen molar-refractivity contribution in [3.8, 4) is 0 Å². The zero-order valence-corrected chi connectivity index (χ0v) is 15.5. The fourth-order valence-electron chi connectivity index (χ4n) is 2.52. The van der Waals surface area contributed by atoms with Gasteiger partial charge in [-0.05, 0) is 59.6 Å². The van der Waals surface area contributed by atoms with Crippen LogP contribution in [-0.2, 0) is 6.54 Å². The molecule has 2 aromatic carbocycles. The summed E-state index contributed by atoms with van der Waals surface area (Å²) in [5.74, 6) is -0.798. The van der Waals surface area contributed by atoms with Crippen LogP contribution in [0.5, 0.6) is 0 Å². The van der Waals surface area contributed by atoms with Crippen LogP contribution in [0.2, 0.25) is 0 Å². The molecule has 0 aliphatic heterocycles. The molecule has 3 rings (SSSR count). The molecule has 0 atom stereocenters. The molecule has 0 aliphatic rings. The third kappa shape index (κ3) is 3.79. The molecule has 1 aromatic heterocycles. The minimum absolute atomic E-state index is 0.170. The van der Waals surface area contributed by atoms with E-state index < -0.39 is 5.82 Å². The van der Waals surface area contributed by atoms with Gasteiger partial charge in [0.1, 0.15) is 5.82 Å². The molecule has 0 radical (unpaired) electrons. The first-order valence-electron chi connectivity index (χ1n) is 7.80. The molecule has 0 saturated carbocycles. The van der Waals surface area contributed by atoms with Crippen molar-refractivity contribution in [1.82, 2.24) is 9.78 Å². The van der Waals surface area contributed by atoms with Gasteiger partial charge in [0.05, 0.1) is 28.1 Å². The van der Waals surface area contributed by atoms with Gasteiger partial charge in [-0.1, -0.05) is 24.3 Å². The molecular weight excluding hydrogens is 385 g/mol. The Hall–Kier alpha value is -2.47. The first kappa shape index (κ1) is 17.4. The van der Waals surface area contributed by atoms with Crippen molar-refractivity contribution in [2.45, 2.75) is 20.4 Å².